The minimum absolute atomic E-state index is 0.854. The second-order valence-electron chi connectivity index (χ2n) is 1.97. The molecule has 0 bridgehead atoms. The van der Waals surface area contributed by atoms with Crippen LogP contribution in [0.4, 0.5) is 0 Å². The molecule has 50 valence electrons. The molecule has 0 atom stereocenters. The number of rotatable bonds is 2. The molecule has 0 aromatic rings. The van der Waals surface area contributed by atoms with E-state index in [2.05, 4.69) is 24.3 Å². The summed E-state index contributed by atoms with van der Waals surface area (Å²) in [7, 11) is 0.854. The molecule has 9 heavy (non-hydrogen) atoms. The monoisotopic (exact) mass is 126 g/mol. The van der Waals surface area contributed by atoms with Gasteiger partial charge in [-0.05, 0) is 13.8 Å². The van der Waals surface area contributed by atoms with Crippen LogP contribution in [-0.2, 0) is 0 Å². The first-order valence-corrected chi connectivity index (χ1v) is 3.28. The van der Waals surface area contributed by atoms with E-state index >= 15 is 0 Å². The minimum atomic E-state index is 0.854. The van der Waals surface area contributed by atoms with E-state index in [0.29, 0.717) is 0 Å². The third kappa shape index (κ3) is 1.34. The summed E-state index contributed by atoms with van der Waals surface area (Å²) in [5.74, 6) is 0. The number of hydrogen-bond donors (Lipinski definition) is 0. The van der Waals surface area contributed by atoms with E-state index in [9.17, 15) is 0 Å². The van der Waals surface area contributed by atoms with Gasteiger partial charge in [0, 0.05) is 13.1 Å². The van der Waals surface area contributed by atoms with E-state index in [1.165, 1.54) is 0 Å². The molecule has 0 amide bonds. The molecule has 0 aromatic heterocycles. The zero-order valence-corrected chi connectivity index (χ0v) is 5.91. The number of nitrogens with zero attached hydrogens (tertiary/aromatic N) is 4. The van der Waals surface area contributed by atoms with Crippen molar-refractivity contribution in [2.24, 2.45) is 10.4 Å². The zero-order valence-electron chi connectivity index (χ0n) is 5.91. The van der Waals surface area contributed by atoms with Gasteiger partial charge in [0.15, 0.2) is 0 Å². The predicted molar refractivity (Wildman–Crippen MR) is 36.8 cm³/mol. The van der Waals surface area contributed by atoms with Crippen LogP contribution in [0.1, 0.15) is 13.8 Å². The highest BCUT2D eigenvalue weighted by atomic mass is 15.7. The van der Waals surface area contributed by atoms with Gasteiger partial charge in [-0.1, -0.05) is 10.4 Å². The molecule has 0 spiro atoms. The van der Waals surface area contributed by atoms with Crippen molar-refractivity contribution in [1.29, 1.82) is 0 Å². The van der Waals surface area contributed by atoms with Gasteiger partial charge in [0.05, 0.1) is 0 Å². The Morgan fingerprint density at radius 3 is 1.78 bits per heavy atom. The van der Waals surface area contributed by atoms with Gasteiger partial charge in [-0.2, -0.15) is 0 Å². The van der Waals surface area contributed by atoms with Crippen LogP contribution in [0.2, 0.25) is 0 Å². The normalized spacial score (nSPS) is 16.7. The minimum Gasteiger partial charge on any atom is -0.299 e. The van der Waals surface area contributed by atoms with Crippen molar-refractivity contribution in [3.8, 4) is 0 Å². The van der Waals surface area contributed by atoms with Crippen molar-refractivity contribution in [2.75, 3.05) is 13.1 Å². The van der Waals surface area contributed by atoms with Crippen LogP contribution in [0.3, 0.4) is 0 Å². The molecule has 1 aliphatic rings. The molecule has 0 saturated heterocycles. The second kappa shape index (κ2) is 2.71. The summed E-state index contributed by atoms with van der Waals surface area (Å²) >= 11 is 0. The molecule has 0 radical (unpaired) electrons. The lowest BCUT2D eigenvalue weighted by Gasteiger charge is -2.09. The van der Waals surface area contributed by atoms with Crippen LogP contribution in [0, 0.1) is 0 Å². The Morgan fingerprint density at radius 2 is 1.56 bits per heavy atom. The maximum Gasteiger partial charge on any atom is 0.395 e. The Morgan fingerprint density at radius 1 is 1.11 bits per heavy atom. The van der Waals surface area contributed by atoms with Gasteiger partial charge in [0.25, 0.3) is 0 Å². The highest BCUT2D eigenvalue weighted by Gasteiger charge is 2.14. The highest BCUT2D eigenvalue weighted by Crippen LogP contribution is 2.01. The molecule has 4 nitrogen and oxygen atoms in total. The summed E-state index contributed by atoms with van der Waals surface area (Å²) in [6, 6.07) is 0. The molecule has 0 N–H and O–H groups in total. The maximum atomic E-state index is 3.89. The Kier molecular flexibility index (Phi) is 1.92. The standard InChI is InChI=1S/C4H11BN4/c1-3-8-5-9(4-2)7-6-8/h5H,3-4H2,1-2H3. The molecule has 0 unspecified atom stereocenters. The second-order valence-corrected chi connectivity index (χ2v) is 1.97. The molecule has 5 heteroatoms. The molecule has 1 aliphatic heterocycles. The van der Waals surface area contributed by atoms with E-state index in [4.69, 9.17) is 0 Å². The van der Waals surface area contributed by atoms with Gasteiger partial charge in [0.2, 0.25) is 0 Å². The fourth-order valence-corrected chi connectivity index (χ4v) is 0.685. The topological polar surface area (TPSA) is 31.2 Å². The third-order valence-electron chi connectivity index (χ3n) is 1.35. The quantitative estimate of drug-likeness (QED) is 0.494. The van der Waals surface area contributed by atoms with Crippen molar-refractivity contribution < 1.29 is 0 Å². The lowest BCUT2D eigenvalue weighted by molar-refractivity contribution is 0.476. The van der Waals surface area contributed by atoms with Crippen molar-refractivity contribution >= 4 is 7.55 Å². The summed E-state index contributed by atoms with van der Waals surface area (Å²) < 4.78 is 0. The lowest BCUT2D eigenvalue weighted by atomic mass is 10.1. The van der Waals surface area contributed by atoms with Crippen LogP contribution in [0.15, 0.2) is 10.4 Å². The van der Waals surface area contributed by atoms with Gasteiger partial charge < -0.3 is 0 Å². The Labute approximate surface area is 55.8 Å². The molecule has 1 rings (SSSR count). The summed E-state index contributed by atoms with van der Waals surface area (Å²) in [5.41, 5.74) is 0. The van der Waals surface area contributed by atoms with Crippen LogP contribution >= 0.6 is 0 Å². The van der Waals surface area contributed by atoms with Gasteiger partial charge in [0.1, 0.15) is 0 Å². The Bertz CT molecular complexity index is 103. The van der Waals surface area contributed by atoms with Gasteiger partial charge in [-0.25, -0.2) is 0 Å². The SMILES string of the molecule is CCN1BN(CC)N=N1. The van der Waals surface area contributed by atoms with Crippen LogP contribution in [-0.4, -0.2) is 30.5 Å². The van der Waals surface area contributed by atoms with E-state index in [1.807, 2.05) is 9.84 Å². The average Bonchev–Trinajstić information content (AvgIpc) is 2.34. The van der Waals surface area contributed by atoms with E-state index in [1.54, 1.807) is 0 Å². The molecule has 0 aromatic carbocycles. The van der Waals surface area contributed by atoms with E-state index < -0.39 is 0 Å². The number of hydrogen-bond acceptors (Lipinski definition) is 4. The average molecular weight is 126 g/mol. The van der Waals surface area contributed by atoms with Crippen molar-refractivity contribution in [1.82, 2.24) is 9.84 Å². The Hall–Kier alpha value is -0.735. The first kappa shape index (κ1) is 6.39. The highest BCUT2D eigenvalue weighted by molar-refractivity contribution is 6.28. The summed E-state index contributed by atoms with van der Waals surface area (Å²) in [4.78, 5) is 3.84. The summed E-state index contributed by atoms with van der Waals surface area (Å²) in [6.45, 7) is 6.02. The van der Waals surface area contributed by atoms with E-state index in [0.717, 1.165) is 20.6 Å². The van der Waals surface area contributed by atoms with Crippen LogP contribution in [0.5, 0.6) is 0 Å². The lowest BCUT2D eigenvalue weighted by Crippen LogP contribution is -2.28. The molecule has 0 aliphatic carbocycles. The summed E-state index contributed by atoms with van der Waals surface area (Å²) in [5, 5.41) is 7.78. The van der Waals surface area contributed by atoms with Gasteiger partial charge in [-0.15, -0.1) is 0 Å². The van der Waals surface area contributed by atoms with Gasteiger partial charge >= 0.3 is 7.55 Å². The zero-order chi connectivity index (χ0) is 6.69. The third-order valence-corrected chi connectivity index (χ3v) is 1.35. The predicted octanol–water partition coefficient (Wildman–Crippen LogP) is 0.192. The van der Waals surface area contributed by atoms with Gasteiger partial charge in [-0.3, -0.25) is 9.84 Å². The molecular weight excluding hydrogens is 115 g/mol. The fourth-order valence-electron chi connectivity index (χ4n) is 0.685. The first-order chi connectivity index (χ1) is 4.36. The van der Waals surface area contributed by atoms with Crippen LogP contribution < -0.4 is 0 Å². The Balaban J connectivity index is 2.31. The summed E-state index contributed by atoms with van der Waals surface area (Å²) in [6.07, 6.45) is 0. The van der Waals surface area contributed by atoms with Crippen LogP contribution in [0.25, 0.3) is 0 Å². The fraction of sp³-hybridized carbons (Fsp3) is 1.00. The molecule has 0 fully saturated rings. The van der Waals surface area contributed by atoms with Crippen molar-refractivity contribution in [2.45, 2.75) is 13.8 Å². The maximum absolute atomic E-state index is 3.89. The van der Waals surface area contributed by atoms with Crippen molar-refractivity contribution in [3.05, 3.63) is 0 Å². The van der Waals surface area contributed by atoms with Crippen molar-refractivity contribution in [3.63, 3.8) is 0 Å². The molecule has 1 heterocycles. The smallest absolute Gasteiger partial charge is 0.299 e. The molecular formula is C4H11BN4. The van der Waals surface area contributed by atoms with E-state index in [-0.39, 0.29) is 0 Å². The largest absolute Gasteiger partial charge is 0.395 e. The first-order valence-electron chi connectivity index (χ1n) is 3.28. The molecule has 0 saturated carbocycles.